The molecular weight excluding hydrogens is 1730 g/mol. The van der Waals surface area contributed by atoms with Crippen molar-refractivity contribution >= 4 is 109 Å². The van der Waals surface area contributed by atoms with Gasteiger partial charge in [-0.3, -0.25) is 38.7 Å². The Morgan fingerprint density at radius 3 is 1.07 bits per heavy atom. The van der Waals surface area contributed by atoms with Crippen LogP contribution in [0, 0.1) is 23.7 Å². The van der Waals surface area contributed by atoms with Crippen molar-refractivity contribution < 1.29 is 64.8 Å². The summed E-state index contributed by atoms with van der Waals surface area (Å²) < 4.78 is 49.3. The number of likely N-dealkylation sites (tertiary alicyclic amines) is 1. The van der Waals surface area contributed by atoms with Gasteiger partial charge in [0.05, 0.1) is 24.9 Å². The maximum absolute atomic E-state index is 12.7. The number of carboxylic acid groups (broad SMARTS) is 1. The third kappa shape index (κ3) is 38.0. The molecule has 696 valence electrons. The van der Waals surface area contributed by atoms with Gasteiger partial charge >= 0.3 is 24.2 Å². The topological polar surface area (TPSA) is 420 Å². The van der Waals surface area contributed by atoms with E-state index in [9.17, 15) is 38.4 Å². The molecule has 4 atom stereocenters. The van der Waals surface area contributed by atoms with Crippen LogP contribution in [0.3, 0.4) is 0 Å². The number of nitrogens with zero attached hydrogens (tertiary/aromatic N) is 20. The van der Waals surface area contributed by atoms with E-state index in [0.717, 1.165) is 158 Å². The van der Waals surface area contributed by atoms with Gasteiger partial charge < -0.3 is 80.6 Å². The smallest absolute Gasteiger partial charge is 0.407 e. The van der Waals surface area contributed by atoms with Crippen LogP contribution in [0.25, 0.3) is 0 Å². The third-order valence-electron chi connectivity index (χ3n) is 21.0. The number of piperazine rings is 5. The van der Waals surface area contributed by atoms with Crippen molar-refractivity contribution in [3.8, 4) is 0 Å². The Morgan fingerprint density at radius 1 is 0.456 bits per heavy atom. The van der Waals surface area contributed by atoms with Crippen LogP contribution in [0.2, 0.25) is 0 Å². The van der Waals surface area contributed by atoms with Crippen LogP contribution >= 0.6 is 31.9 Å². The van der Waals surface area contributed by atoms with E-state index in [1.807, 2.05) is 56.2 Å². The minimum absolute atomic E-state index is 0. The van der Waals surface area contributed by atoms with Crippen LogP contribution < -0.4 is 51.5 Å². The molecule has 5 aromatic rings. The van der Waals surface area contributed by atoms with Crippen LogP contribution in [0.1, 0.15) is 168 Å². The lowest BCUT2D eigenvalue weighted by molar-refractivity contribution is -0.141. The molecule has 5 aromatic heterocycles. The van der Waals surface area contributed by atoms with E-state index in [0.29, 0.717) is 152 Å². The molecule has 0 unspecified atom stereocenters. The average Bonchev–Trinajstić information content (AvgIpc) is 1.57. The van der Waals surface area contributed by atoms with Gasteiger partial charge in [-0.2, -0.15) is 0 Å². The molecule has 8 aliphatic rings. The highest BCUT2D eigenvalue weighted by Gasteiger charge is 2.60. The first-order valence-electron chi connectivity index (χ1n) is 45.5. The second kappa shape index (κ2) is 53.9. The Kier molecular flexibility index (Phi) is 42.1. The monoisotopic (exact) mass is 1880 g/mol. The number of alkyl carbamates (subject to hydrolysis) is 3. The average molecular weight is 1880 g/mol. The Labute approximate surface area is 763 Å². The van der Waals surface area contributed by atoms with Gasteiger partial charge in [0, 0.05) is 241 Å². The summed E-state index contributed by atoms with van der Waals surface area (Å²) in [5.74, 6) is 4.09. The molecular formula is C86H141Br2N25O12. The maximum Gasteiger partial charge on any atom is 0.407 e. The minimum Gasteiger partial charge on any atom is -0.481 e. The molecule has 125 heavy (non-hydrogen) atoms. The van der Waals surface area contributed by atoms with E-state index in [1.165, 1.54) is 31.2 Å². The van der Waals surface area contributed by atoms with Crippen LogP contribution in [-0.4, -0.2) is 321 Å². The summed E-state index contributed by atoms with van der Waals surface area (Å²) in [4.78, 5) is 157. The van der Waals surface area contributed by atoms with E-state index in [1.54, 1.807) is 62.9 Å². The lowest BCUT2D eigenvalue weighted by Gasteiger charge is -2.34. The van der Waals surface area contributed by atoms with Crippen LogP contribution in [0.5, 0.6) is 0 Å². The Hall–Kier alpha value is -9.44. The fraction of sp³-hybridized carbons (Fsp3) is 0.674. The lowest BCUT2D eigenvalue weighted by Crippen LogP contribution is -2.49. The van der Waals surface area contributed by atoms with E-state index < -0.39 is 41.1 Å². The molecule has 7 N–H and O–H groups in total. The number of anilines is 5. The number of hydrogen-bond acceptors (Lipinski definition) is 30. The predicted octanol–water partition coefficient (Wildman–Crippen LogP) is 8.91. The number of carbonyl (C=O) groups is 8. The number of rotatable bonds is 26. The second-order valence-electron chi connectivity index (χ2n) is 33.9. The van der Waals surface area contributed by atoms with Gasteiger partial charge in [0.1, 0.15) is 16.8 Å². The molecule has 8 fully saturated rings. The quantitative estimate of drug-likeness (QED) is 0.0171. The minimum atomic E-state index is -0.865. The molecule has 37 nitrogen and oxygen atoms in total. The molecule has 2 aliphatic carbocycles. The highest BCUT2D eigenvalue weighted by molar-refractivity contribution is 9.10. The van der Waals surface area contributed by atoms with Gasteiger partial charge in [-0.1, -0.05) is 14.9 Å². The van der Waals surface area contributed by atoms with Gasteiger partial charge in [-0.15, -0.1) is 0 Å². The molecule has 0 radical (unpaired) electrons. The highest BCUT2D eigenvalue weighted by atomic mass is 79.9. The summed E-state index contributed by atoms with van der Waals surface area (Å²) in [6, 6.07) is 0.973. The Balaban J connectivity index is 0.000000280. The molecule has 13 rings (SSSR count). The number of imide groups is 1. The summed E-state index contributed by atoms with van der Waals surface area (Å²) in [5.41, 5.74) is 3.94. The first kappa shape index (κ1) is 97.7. The molecule has 39 heteroatoms. The van der Waals surface area contributed by atoms with Gasteiger partial charge in [-0.25, -0.2) is 64.2 Å². The molecule has 2 saturated carbocycles. The molecule has 0 aromatic carbocycles. The van der Waals surface area contributed by atoms with E-state index in [-0.39, 0.29) is 62.8 Å². The molecule has 6 aliphatic heterocycles. The second-order valence-corrected chi connectivity index (χ2v) is 35.7. The maximum atomic E-state index is 12.7. The fourth-order valence-electron chi connectivity index (χ4n) is 15.0. The summed E-state index contributed by atoms with van der Waals surface area (Å²) >= 11 is 6.63. The van der Waals surface area contributed by atoms with Gasteiger partial charge in [0.2, 0.25) is 53.4 Å². The number of amides is 7. The van der Waals surface area contributed by atoms with Crippen LogP contribution in [0.4, 0.5) is 44.1 Å². The van der Waals surface area contributed by atoms with E-state index in [2.05, 4.69) is 132 Å². The predicted molar refractivity (Wildman–Crippen MR) is 491 cm³/mol. The van der Waals surface area contributed by atoms with Crippen molar-refractivity contribution in [3.63, 3.8) is 0 Å². The van der Waals surface area contributed by atoms with Crippen molar-refractivity contribution in [3.05, 3.63) is 89.0 Å². The van der Waals surface area contributed by atoms with Crippen molar-refractivity contribution in [1.82, 2.24) is 95.6 Å². The number of nitrogens with two attached hydrogens (primary N) is 1. The molecule has 0 spiro atoms. The molecule has 11 heterocycles. The molecule has 7 amide bonds. The summed E-state index contributed by atoms with van der Waals surface area (Å²) in [5, 5.41) is 19.4. The number of unbranched alkanes of at least 4 members (excludes halogenated alkanes) is 2. The Bertz CT molecular complexity index is 4030. The zero-order valence-electron chi connectivity index (χ0n) is 78.1. The first-order chi connectivity index (χ1) is 61.1. The van der Waals surface area contributed by atoms with Gasteiger partial charge in [-0.05, 0) is 208 Å². The SMILES string of the molecule is Brc1cnc(N2CCNCC2)nc1.C.C.CC(C)(C)OC(=O)NCCCC(=O)N1CCN(c2ncc(Br)cn2)CC1.CC(C)(C)OC(=O)NCCCC(=O)O.[2H][2H].[2H]c1cnc(N2CCN(C(=O)CCCNC(=O)OC(C)(C)C)CC2)nc1.[2H]c1cnc(N2CCN(CCCCN)CC2)nc1.[2H]c1cnc(N2CCN(CCCCN3C(=O)[C@@H]4[C@@H]5CC[C@@H](C5)[C@@H]4C3=O)CC2)nc1. The van der Waals surface area contributed by atoms with Gasteiger partial charge in [0.25, 0.3) is 0 Å². The van der Waals surface area contributed by atoms with Crippen molar-refractivity contribution in [2.24, 2.45) is 29.4 Å². The van der Waals surface area contributed by atoms with E-state index >= 15 is 0 Å². The van der Waals surface area contributed by atoms with Crippen LogP contribution in [-0.2, 0) is 38.2 Å². The largest absolute Gasteiger partial charge is 0.481 e. The lowest BCUT2D eigenvalue weighted by atomic mass is 9.81. The number of carbonyl (C=O) groups excluding carboxylic acids is 7. The number of nitrogens with one attached hydrogen (secondary N) is 4. The fourth-order valence-corrected chi connectivity index (χ4v) is 15.5. The summed E-state index contributed by atoms with van der Waals surface area (Å²) in [6.07, 6.45) is 24.7. The number of hydrogen-bond donors (Lipinski definition) is 6. The number of aromatic nitrogens is 10. The third-order valence-corrected chi connectivity index (χ3v) is 21.9. The highest BCUT2D eigenvalue weighted by Crippen LogP contribution is 2.56. The summed E-state index contributed by atoms with van der Waals surface area (Å²) in [7, 11) is 0. The van der Waals surface area contributed by atoms with Crippen LogP contribution in [0.15, 0.2) is 89.0 Å². The Morgan fingerprint density at radius 2 is 0.752 bits per heavy atom. The molecule has 6 saturated heterocycles. The zero-order chi connectivity index (χ0) is 93.4. The number of ether oxygens (including phenoxy) is 3. The van der Waals surface area contributed by atoms with Crippen molar-refractivity contribution in [2.75, 3.05) is 201 Å². The summed E-state index contributed by atoms with van der Waals surface area (Å²) in [6.45, 7) is 37.8. The standard InChI is InChI=1S/C21H29N5O2.C17H26BrN5O3.C17H27N5O3.C12H21N5.C9H17NO4.C8H11BrN4.2CH4.H2/c27-19-17-15-4-5-16(14-15)18(17)20(28)26(19)9-2-1-8-24-10-12-25(13-11-24)21-22-6-3-7-23-21;1-17(2,3)26-16(25)19-6-4-5-14(24)22-7-9-23(10-8-22)15-20-11-13(18)12-21-15;1-17(2,3)25-16(24)20-7-4-6-14(23)21-10-12-22(13-11-21)15-18-8-5-9-19-15;13-4-1-2-7-16-8-10-17(11-9-16)12-14-5-3-6-15-12;1-9(2,3)14-8(13)10-6-4-5-7(11)12;9-7-5-11-8(12-6-7)13-3-1-10-2-4-13;;;/h3,6-7,15-18H,1-2,4-5,8-14H2;11-12H,4-10H2,1-3H3,(H,19,25);5,8-9H,4,6-7,10-13H2,1-3H3,(H,20,24);3,5-6H,1-2,4,7-11,13H2;4-6H2,1-3H3,(H,10,13)(H,11,12);5-6,10H,1-4H2;2*1H4;1H/t15-,16+,17-,18+;;;;;;;;/i3D;;5D;3D;;;;;1+1D. The number of halogens is 2. The van der Waals surface area contributed by atoms with E-state index in [4.69, 9.17) is 32.1 Å². The van der Waals surface area contributed by atoms with Crippen molar-refractivity contribution in [1.29, 1.82) is 0 Å². The normalized spacial score (nSPS) is 19.2. The first-order valence-corrected chi connectivity index (χ1v) is 44.6. The number of fused-ring (bicyclic) bond motifs is 5. The number of carboxylic acids is 1. The van der Waals surface area contributed by atoms with Crippen molar-refractivity contribution in [2.45, 2.75) is 177 Å². The number of aliphatic carboxylic acids is 1. The van der Waals surface area contributed by atoms with Gasteiger partial charge in [0.15, 0.2) is 0 Å². The molecule has 2 bridgehead atoms. The zero-order valence-corrected chi connectivity index (χ0v) is 76.3.